The molecule has 2 aromatic rings. The lowest BCUT2D eigenvalue weighted by molar-refractivity contribution is -0.139. The molecule has 4 heteroatoms. The monoisotopic (exact) mass is 310 g/mol. The van der Waals surface area contributed by atoms with E-state index in [0.29, 0.717) is 22.3 Å². The van der Waals surface area contributed by atoms with E-state index in [1.165, 1.54) is 0 Å². The Balaban J connectivity index is 2.23. The molecule has 0 saturated heterocycles. The van der Waals surface area contributed by atoms with Crippen LogP contribution in [0.25, 0.3) is 5.57 Å². The molecule has 0 aliphatic heterocycles. The minimum absolute atomic E-state index is 0.101. The number of rotatable bonds is 3. The Bertz CT molecular complexity index is 749. The molecule has 3 rings (SSSR count). The second-order valence-corrected chi connectivity index (χ2v) is 5.35. The zero-order valence-electron chi connectivity index (χ0n) is 12.8. The molecule has 2 unspecified atom stereocenters. The van der Waals surface area contributed by atoms with Crippen LogP contribution in [0.3, 0.4) is 0 Å². The molecule has 0 saturated carbocycles. The maximum atomic E-state index is 12.4. The molecule has 23 heavy (non-hydrogen) atoms. The molecule has 2 aromatic carbocycles. The van der Waals surface area contributed by atoms with Gasteiger partial charge in [-0.2, -0.15) is 0 Å². The highest BCUT2D eigenvalue weighted by molar-refractivity contribution is 6.01. The highest BCUT2D eigenvalue weighted by atomic mass is 16.5. The maximum Gasteiger partial charge on any atom is 0.337 e. The minimum atomic E-state index is -1.12. The molecule has 0 amide bonds. The van der Waals surface area contributed by atoms with Gasteiger partial charge >= 0.3 is 5.97 Å². The van der Waals surface area contributed by atoms with Gasteiger partial charge in [-0.25, -0.2) is 4.79 Å². The van der Waals surface area contributed by atoms with E-state index in [1.807, 2.05) is 18.2 Å². The van der Waals surface area contributed by atoms with Crippen molar-refractivity contribution < 1.29 is 19.7 Å². The number of ether oxygens (including phenoxy) is 1. The average molecular weight is 310 g/mol. The minimum Gasteiger partial charge on any atom is -0.463 e. The number of hydrogen-bond acceptors (Lipinski definition) is 4. The fraction of sp³-hybridized carbons (Fsp3) is 0.211. The standard InChI is InChI=1S/C19H18O4/c1-2-23-19(22)16-15(12-8-4-3-5-9-12)17(20)13-10-6-7-11-14(13)18(16)21/h3-11,17-18,20-21H,2H2,1H3. The van der Waals surface area contributed by atoms with Crippen LogP contribution >= 0.6 is 0 Å². The lowest BCUT2D eigenvalue weighted by atomic mass is 9.79. The Kier molecular flexibility index (Phi) is 4.28. The fourth-order valence-corrected chi connectivity index (χ4v) is 2.98. The molecular formula is C19H18O4. The predicted molar refractivity (Wildman–Crippen MR) is 86.4 cm³/mol. The van der Waals surface area contributed by atoms with Crippen molar-refractivity contribution in [1.29, 1.82) is 0 Å². The Morgan fingerprint density at radius 2 is 1.52 bits per heavy atom. The molecule has 2 atom stereocenters. The molecule has 0 bridgehead atoms. The summed E-state index contributed by atoms with van der Waals surface area (Å²) in [5.41, 5.74) is 2.32. The number of aliphatic hydroxyl groups excluding tert-OH is 2. The summed E-state index contributed by atoms with van der Waals surface area (Å²) in [6.07, 6.45) is -2.11. The Labute approximate surface area is 134 Å². The van der Waals surface area contributed by atoms with Crippen LogP contribution in [-0.4, -0.2) is 22.8 Å². The van der Waals surface area contributed by atoms with Crippen molar-refractivity contribution in [3.05, 3.63) is 76.9 Å². The van der Waals surface area contributed by atoms with E-state index in [9.17, 15) is 15.0 Å². The van der Waals surface area contributed by atoms with Crippen LogP contribution in [0.1, 0.15) is 35.8 Å². The Morgan fingerprint density at radius 1 is 0.957 bits per heavy atom. The van der Waals surface area contributed by atoms with Crippen LogP contribution in [0.15, 0.2) is 60.2 Å². The summed E-state index contributed by atoms with van der Waals surface area (Å²) < 4.78 is 5.10. The molecule has 4 nitrogen and oxygen atoms in total. The van der Waals surface area contributed by atoms with E-state index < -0.39 is 18.2 Å². The first-order valence-electron chi connectivity index (χ1n) is 7.56. The molecule has 0 heterocycles. The van der Waals surface area contributed by atoms with Gasteiger partial charge in [-0.3, -0.25) is 0 Å². The second-order valence-electron chi connectivity index (χ2n) is 5.35. The van der Waals surface area contributed by atoms with Gasteiger partial charge in [0.15, 0.2) is 0 Å². The van der Waals surface area contributed by atoms with E-state index in [2.05, 4.69) is 0 Å². The summed E-state index contributed by atoms with van der Waals surface area (Å²) in [5, 5.41) is 21.5. The van der Waals surface area contributed by atoms with Crippen LogP contribution < -0.4 is 0 Å². The lowest BCUT2D eigenvalue weighted by Gasteiger charge is -2.30. The topological polar surface area (TPSA) is 66.8 Å². The van der Waals surface area contributed by atoms with Gasteiger partial charge in [0.25, 0.3) is 0 Å². The summed E-state index contributed by atoms with van der Waals surface area (Å²) in [6.45, 7) is 1.91. The van der Waals surface area contributed by atoms with Gasteiger partial charge in [0.1, 0.15) is 12.2 Å². The quantitative estimate of drug-likeness (QED) is 0.856. The predicted octanol–water partition coefficient (Wildman–Crippen LogP) is 2.78. The maximum absolute atomic E-state index is 12.4. The molecule has 1 aliphatic rings. The molecule has 1 aliphatic carbocycles. The van der Waals surface area contributed by atoms with Crippen molar-refractivity contribution in [2.45, 2.75) is 19.1 Å². The second kappa shape index (κ2) is 6.36. The summed E-state index contributed by atoms with van der Waals surface area (Å²) >= 11 is 0. The lowest BCUT2D eigenvalue weighted by Crippen LogP contribution is -2.24. The number of carbonyl (C=O) groups excluding carboxylic acids is 1. The van der Waals surface area contributed by atoms with Gasteiger partial charge < -0.3 is 14.9 Å². The normalized spacial score (nSPS) is 20.1. The van der Waals surface area contributed by atoms with Crippen LogP contribution in [0.4, 0.5) is 0 Å². The SMILES string of the molecule is CCOC(=O)C1=C(c2ccccc2)C(O)c2ccccc2C1O. The summed E-state index contributed by atoms with van der Waals surface area (Å²) in [5.74, 6) is -0.604. The average Bonchev–Trinajstić information content (AvgIpc) is 2.58. The van der Waals surface area contributed by atoms with Crippen molar-refractivity contribution in [3.8, 4) is 0 Å². The van der Waals surface area contributed by atoms with E-state index >= 15 is 0 Å². The van der Waals surface area contributed by atoms with Crippen molar-refractivity contribution in [2.75, 3.05) is 6.61 Å². The first-order valence-corrected chi connectivity index (χ1v) is 7.56. The number of hydrogen-bond donors (Lipinski definition) is 2. The van der Waals surface area contributed by atoms with Gasteiger partial charge in [0.05, 0.1) is 12.2 Å². The first kappa shape index (κ1) is 15.5. The van der Waals surface area contributed by atoms with Crippen molar-refractivity contribution in [2.24, 2.45) is 0 Å². The molecule has 0 radical (unpaired) electrons. The van der Waals surface area contributed by atoms with E-state index in [4.69, 9.17) is 4.74 Å². The Morgan fingerprint density at radius 3 is 2.13 bits per heavy atom. The highest BCUT2D eigenvalue weighted by Gasteiger charge is 2.37. The first-order chi connectivity index (χ1) is 11.1. The molecule has 2 N–H and O–H groups in total. The van der Waals surface area contributed by atoms with Crippen LogP contribution in [0.2, 0.25) is 0 Å². The van der Waals surface area contributed by atoms with Gasteiger partial charge in [-0.05, 0) is 23.6 Å². The van der Waals surface area contributed by atoms with Crippen LogP contribution in [0.5, 0.6) is 0 Å². The van der Waals surface area contributed by atoms with Gasteiger partial charge in [-0.1, -0.05) is 54.6 Å². The van der Waals surface area contributed by atoms with Gasteiger partial charge in [0.2, 0.25) is 0 Å². The number of aliphatic hydroxyl groups is 2. The van der Waals surface area contributed by atoms with Gasteiger partial charge in [-0.15, -0.1) is 0 Å². The van der Waals surface area contributed by atoms with Crippen LogP contribution in [0, 0.1) is 0 Å². The van der Waals surface area contributed by atoms with E-state index in [0.717, 1.165) is 0 Å². The molecular weight excluding hydrogens is 292 g/mol. The zero-order chi connectivity index (χ0) is 16.4. The largest absolute Gasteiger partial charge is 0.463 e. The van der Waals surface area contributed by atoms with E-state index in [-0.39, 0.29) is 12.2 Å². The highest BCUT2D eigenvalue weighted by Crippen LogP contribution is 2.45. The molecule has 118 valence electrons. The smallest absolute Gasteiger partial charge is 0.337 e. The molecule has 0 spiro atoms. The third-order valence-electron chi connectivity index (χ3n) is 4.00. The summed E-state index contributed by atoms with van der Waals surface area (Å²) in [4.78, 5) is 12.4. The Hall–Kier alpha value is -2.43. The summed E-state index contributed by atoms with van der Waals surface area (Å²) in [7, 11) is 0. The van der Waals surface area contributed by atoms with Gasteiger partial charge in [0, 0.05) is 5.57 Å². The van der Waals surface area contributed by atoms with Crippen molar-refractivity contribution in [3.63, 3.8) is 0 Å². The van der Waals surface area contributed by atoms with Crippen LogP contribution in [-0.2, 0) is 9.53 Å². The van der Waals surface area contributed by atoms with Crippen molar-refractivity contribution in [1.82, 2.24) is 0 Å². The third-order valence-corrected chi connectivity index (χ3v) is 4.00. The molecule has 0 fully saturated rings. The summed E-state index contributed by atoms with van der Waals surface area (Å²) in [6, 6.07) is 16.1. The number of fused-ring (bicyclic) bond motifs is 1. The zero-order valence-corrected chi connectivity index (χ0v) is 12.8. The molecule has 0 aromatic heterocycles. The number of esters is 1. The van der Waals surface area contributed by atoms with Crippen molar-refractivity contribution >= 4 is 11.5 Å². The fourth-order valence-electron chi connectivity index (χ4n) is 2.98. The third kappa shape index (κ3) is 2.67. The number of carbonyl (C=O) groups is 1. The van der Waals surface area contributed by atoms with E-state index in [1.54, 1.807) is 43.3 Å². The number of benzene rings is 2.